The molecular weight excluding hydrogens is 242 g/mol. The Kier molecular flexibility index (Phi) is 5.83. The number of methoxy groups -OCH3 is 1. The Bertz CT molecular complexity index is 443. The Morgan fingerprint density at radius 3 is 2.58 bits per heavy atom. The number of rotatable bonds is 7. The Labute approximate surface area is 115 Å². The summed E-state index contributed by atoms with van der Waals surface area (Å²) in [6, 6.07) is 4.19. The van der Waals surface area contributed by atoms with Gasteiger partial charge in [0.25, 0.3) is 0 Å². The van der Waals surface area contributed by atoms with Gasteiger partial charge in [-0.05, 0) is 50.1 Å². The largest absolute Gasteiger partial charge is 0.496 e. The van der Waals surface area contributed by atoms with Gasteiger partial charge in [0.05, 0.1) is 13.5 Å². The quantitative estimate of drug-likeness (QED) is 0.821. The van der Waals surface area contributed by atoms with E-state index in [1.807, 2.05) is 18.0 Å². The number of ether oxygens (including phenoxy) is 1. The zero-order valence-corrected chi connectivity index (χ0v) is 12.2. The highest BCUT2D eigenvalue weighted by atomic mass is 16.5. The number of carbonyl (C=O) groups is 1. The van der Waals surface area contributed by atoms with E-state index in [2.05, 4.69) is 19.9 Å². The Morgan fingerprint density at radius 1 is 1.32 bits per heavy atom. The van der Waals surface area contributed by atoms with E-state index in [4.69, 9.17) is 9.84 Å². The molecule has 0 saturated carbocycles. The Morgan fingerprint density at radius 2 is 2.00 bits per heavy atom. The van der Waals surface area contributed by atoms with E-state index < -0.39 is 5.97 Å². The number of aliphatic carboxylic acids is 1. The van der Waals surface area contributed by atoms with Crippen LogP contribution in [0, 0.1) is 13.8 Å². The average Bonchev–Trinajstić information content (AvgIpc) is 2.34. The van der Waals surface area contributed by atoms with Gasteiger partial charge in [-0.15, -0.1) is 0 Å². The third-order valence-electron chi connectivity index (χ3n) is 3.25. The van der Waals surface area contributed by atoms with Crippen LogP contribution in [0.3, 0.4) is 0 Å². The molecule has 0 aliphatic heterocycles. The number of benzene rings is 1. The minimum atomic E-state index is -0.754. The highest BCUT2D eigenvalue weighted by Crippen LogP contribution is 2.24. The lowest BCUT2D eigenvalue weighted by atomic mass is 10.0. The maximum Gasteiger partial charge on any atom is 0.304 e. The van der Waals surface area contributed by atoms with E-state index >= 15 is 0 Å². The van der Waals surface area contributed by atoms with Crippen molar-refractivity contribution in [1.82, 2.24) is 4.90 Å². The van der Waals surface area contributed by atoms with Gasteiger partial charge >= 0.3 is 5.97 Å². The van der Waals surface area contributed by atoms with Crippen LogP contribution in [0.5, 0.6) is 5.75 Å². The van der Waals surface area contributed by atoms with Gasteiger partial charge in [0, 0.05) is 13.1 Å². The fourth-order valence-corrected chi connectivity index (χ4v) is 2.16. The van der Waals surface area contributed by atoms with Crippen molar-refractivity contribution in [2.45, 2.75) is 26.7 Å². The number of likely N-dealkylation sites (N-methyl/N-ethyl adjacent to an activating group) is 1. The van der Waals surface area contributed by atoms with Crippen LogP contribution >= 0.6 is 0 Å². The lowest BCUT2D eigenvalue weighted by Crippen LogP contribution is -2.24. The van der Waals surface area contributed by atoms with Crippen molar-refractivity contribution in [3.05, 3.63) is 28.8 Å². The van der Waals surface area contributed by atoms with Crippen molar-refractivity contribution >= 4 is 5.97 Å². The van der Waals surface area contributed by atoms with Gasteiger partial charge in [-0.1, -0.05) is 6.07 Å². The van der Waals surface area contributed by atoms with Crippen LogP contribution in [0.1, 0.15) is 23.1 Å². The third kappa shape index (κ3) is 4.91. The molecule has 1 rings (SSSR count). The van der Waals surface area contributed by atoms with Gasteiger partial charge in [0.15, 0.2) is 0 Å². The summed E-state index contributed by atoms with van der Waals surface area (Å²) in [5.41, 5.74) is 3.62. The fourth-order valence-electron chi connectivity index (χ4n) is 2.16. The molecule has 0 bridgehead atoms. The molecule has 4 nitrogen and oxygen atoms in total. The van der Waals surface area contributed by atoms with Crippen LogP contribution in [0.25, 0.3) is 0 Å². The minimum Gasteiger partial charge on any atom is -0.496 e. The van der Waals surface area contributed by atoms with Crippen molar-refractivity contribution < 1.29 is 14.6 Å². The molecule has 0 amide bonds. The first-order valence-corrected chi connectivity index (χ1v) is 6.48. The predicted molar refractivity (Wildman–Crippen MR) is 75.9 cm³/mol. The van der Waals surface area contributed by atoms with Crippen molar-refractivity contribution in [2.75, 3.05) is 27.2 Å². The summed E-state index contributed by atoms with van der Waals surface area (Å²) in [5, 5.41) is 8.66. The first-order valence-electron chi connectivity index (χ1n) is 6.48. The molecule has 0 radical (unpaired) electrons. The third-order valence-corrected chi connectivity index (χ3v) is 3.25. The molecule has 0 aliphatic carbocycles. The zero-order chi connectivity index (χ0) is 14.4. The summed E-state index contributed by atoms with van der Waals surface area (Å²) in [4.78, 5) is 12.6. The van der Waals surface area contributed by atoms with Gasteiger partial charge in [-0.25, -0.2) is 0 Å². The van der Waals surface area contributed by atoms with Crippen LogP contribution in [0.2, 0.25) is 0 Å². The van der Waals surface area contributed by atoms with Crippen molar-refractivity contribution in [2.24, 2.45) is 0 Å². The fraction of sp³-hybridized carbons (Fsp3) is 0.533. The number of carboxylic acid groups (broad SMARTS) is 1. The predicted octanol–water partition coefficient (Wildman–Crippen LogP) is 2.26. The summed E-state index contributed by atoms with van der Waals surface area (Å²) < 4.78 is 5.42. The molecule has 0 aliphatic rings. The zero-order valence-electron chi connectivity index (χ0n) is 12.2. The molecular formula is C15H23NO3. The number of carboxylic acids is 1. The van der Waals surface area contributed by atoms with Gasteiger partial charge in [-0.2, -0.15) is 0 Å². The smallest absolute Gasteiger partial charge is 0.304 e. The number of hydrogen-bond acceptors (Lipinski definition) is 3. The molecule has 0 spiro atoms. The summed E-state index contributed by atoms with van der Waals surface area (Å²) in [5.74, 6) is 0.167. The number of nitrogens with zero attached hydrogens (tertiary/aromatic N) is 1. The van der Waals surface area contributed by atoms with Crippen molar-refractivity contribution in [1.29, 1.82) is 0 Å². The molecule has 0 unspecified atom stereocenters. The second kappa shape index (κ2) is 7.14. The monoisotopic (exact) mass is 265 g/mol. The van der Waals surface area contributed by atoms with Crippen LogP contribution in [-0.4, -0.2) is 43.2 Å². The van der Waals surface area contributed by atoms with E-state index in [1.54, 1.807) is 7.11 Å². The second-order valence-corrected chi connectivity index (χ2v) is 4.96. The normalized spacial score (nSPS) is 10.8. The molecule has 4 heteroatoms. The van der Waals surface area contributed by atoms with E-state index in [0.717, 1.165) is 18.7 Å². The SMILES string of the molecule is COc1cc(C)cc(C)c1CCN(C)CCC(=O)O. The minimum absolute atomic E-state index is 0.181. The first kappa shape index (κ1) is 15.5. The molecule has 19 heavy (non-hydrogen) atoms. The summed E-state index contributed by atoms with van der Waals surface area (Å²) in [7, 11) is 3.63. The van der Waals surface area contributed by atoms with Crippen LogP contribution in [-0.2, 0) is 11.2 Å². The molecule has 1 N–H and O–H groups in total. The van der Waals surface area contributed by atoms with E-state index in [0.29, 0.717) is 6.54 Å². The number of aryl methyl sites for hydroxylation is 2. The van der Waals surface area contributed by atoms with Gasteiger partial charge in [0.1, 0.15) is 5.75 Å². The average molecular weight is 265 g/mol. The lowest BCUT2D eigenvalue weighted by molar-refractivity contribution is -0.137. The highest BCUT2D eigenvalue weighted by Gasteiger charge is 2.09. The van der Waals surface area contributed by atoms with E-state index in [-0.39, 0.29) is 6.42 Å². The van der Waals surface area contributed by atoms with Crippen LogP contribution < -0.4 is 4.74 Å². The van der Waals surface area contributed by atoms with Crippen molar-refractivity contribution in [3.63, 3.8) is 0 Å². The van der Waals surface area contributed by atoms with Crippen LogP contribution in [0.15, 0.2) is 12.1 Å². The van der Waals surface area contributed by atoms with Crippen LogP contribution in [0.4, 0.5) is 0 Å². The molecule has 0 fully saturated rings. The van der Waals surface area contributed by atoms with E-state index in [1.165, 1.54) is 16.7 Å². The summed E-state index contributed by atoms with van der Waals surface area (Å²) in [6.45, 7) is 5.54. The number of hydrogen-bond donors (Lipinski definition) is 1. The van der Waals surface area contributed by atoms with Gasteiger partial charge in [-0.3, -0.25) is 4.79 Å². The molecule has 1 aromatic rings. The second-order valence-electron chi connectivity index (χ2n) is 4.96. The van der Waals surface area contributed by atoms with E-state index in [9.17, 15) is 4.79 Å². The molecule has 0 saturated heterocycles. The Balaban J connectivity index is 2.64. The maximum atomic E-state index is 10.5. The first-order chi connectivity index (χ1) is 8.93. The standard InChI is InChI=1S/C15H23NO3/c1-11-9-12(2)13(14(10-11)19-4)5-7-16(3)8-6-15(17)18/h9-10H,5-8H2,1-4H3,(H,17,18). The highest BCUT2D eigenvalue weighted by molar-refractivity contribution is 5.66. The molecule has 0 aromatic heterocycles. The molecule has 1 aromatic carbocycles. The van der Waals surface area contributed by atoms with Gasteiger partial charge in [0.2, 0.25) is 0 Å². The summed E-state index contributed by atoms with van der Waals surface area (Å²) >= 11 is 0. The molecule has 0 heterocycles. The lowest BCUT2D eigenvalue weighted by Gasteiger charge is -2.18. The topological polar surface area (TPSA) is 49.8 Å². The Hall–Kier alpha value is -1.55. The maximum absolute atomic E-state index is 10.5. The summed E-state index contributed by atoms with van der Waals surface area (Å²) in [6.07, 6.45) is 1.05. The van der Waals surface area contributed by atoms with Gasteiger partial charge < -0.3 is 14.7 Å². The molecule has 106 valence electrons. The molecule has 0 atom stereocenters. The van der Waals surface area contributed by atoms with Crippen molar-refractivity contribution in [3.8, 4) is 5.75 Å².